The molecule has 1 aromatic rings. The largest absolute Gasteiger partial charge is 0.392 e. The second kappa shape index (κ2) is 5.74. The molecule has 5 nitrogen and oxygen atoms in total. The van der Waals surface area contributed by atoms with Crippen molar-refractivity contribution < 1.29 is 9.90 Å². The third-order valence-electron chi connectivity index (χ3n) is 3.74. The van der Waals surface area contributed by atoms with E-state index in [2.05, 4.69) is 10.2 Å². The van der Waals surface area contributed by atoms with Crippen molar-refractivity contribution in [1.82, 2.24) is 15.1 Å². The van der Waals surface area contributed by atoms with E-state index in [1.807, 2.05) is 20.0 Å². The third-order valence-corrected chi connectivity index (χ3v) is 3.74. The molecule has 1 heterocycles. The zero-order valence-corrected chi connectivity index (χ0v) is 11.9. The maximum absolute atomic E-state index is 12.6. The summed E-state index contributed by atoms with van der Waals surface area (Å²) in [4.78, 5) is 14.4. The summed E-state index contributed by atoms with van der Waals surface area (Å²) in [6.07, 6.45) is 3.87. The highest BCUT2D eigenvalue weighted by atomic mass is 16.3. The van der Waals surface area contributed by atoms with Gasteiger partial charge in [-0.05, 0) is 39.2 Å². The maximum atomic E-state index is 12.6. The normalized spacial score (nSPS) is 20.2. The van der Waals surface area contributed by atoms with Crippen LogP contribution in [0.15, 0.2) is 6.20 Å². The van der Waals surface area contributed by atoms with Gasteiger partial charge in [-0.15, -0.1) is 0 Å². The smallest absolute Gasteiger partial charge is 0.226 e. The summed E-state index contributed by atoms with van der Waals surface area (Å²) >= 11 is 0. The predicted octanol–water partition coefficient (Wildman–Crippen LogP) is 1.13. The quantitative estimate of drug-likeness (QED) is 0.857. The molecule has 0 fully saturated rings. The van der Waals surface area contributed by atoms with Gasteiger partial charge in [0, 0.05) is 30.6 Å². The number of aromatic nitrogens is 2. The Hall–Kier alpha value is -1.36. The molecule has 1 aliphatic carbocycles. The summed E-state index contributed by atoms with van der Waals surface area (Å²) in [6.45, 7) is 6.11. The van der Waals surface area contributed by atoms with E-state index in [4.69, 9.17) is 0 Å². The van der Waals surface area contributed by atoms with Gasteiger partial charge in [-0.3, -0.25) is 9.89 Å². The molecule has 1 aromatic heterocycles. The van der Waals surface area contributed by atoms with Crippen molar-refractivity contribution >= 4 is 5.91 Å². The number of carbonyl (C=O) groups is 1. The Morgan fingerprint density at radius 3 is 2.95 bits per heavy atom. The molecule has 0 saturated carbocycles. The molecule has 0 saturated heterocycles. The minimum absolute atomic E-state index is 0.00843. The zero-order valence-electron chi connectivity index (χ0n) is 11.9. The number of aliphatic hydroxyl groups is 1. The van der Waals surface area contributed by atoms with Crippen LogP contribution in [-0.2, 0) is 17.6 Å². The van der Waals surface area contributed by atoms with E-state index in [9.17, 15) is 9.90 Å². The first-order valence-electron chi connectivity index (χ1n) is 6.98. The maximum Gasteiger partial charge on any atom is 0.226 e. The lowest BCUT2D eigenvalue weighted by Gasteiger charge is -2.32. The number of hydrogen-bond donors (Lipinski definition) is 2. The summed E-state index contributed by atoms with van der Waals surface area (Å²) in [5.41, 5.74) is 2.32. The molecule has 0 bridgehead atoms. The van der Waals surface area contributed by atoms with Gasteiger partial charge in [0.2, 0.25) is 5.91 Å². The van der Waals surface area contributed by atoms with E-state index in [0.717, 1.165) is 25.0 Å². The highest BCUT2D eigenvalue weighted by molar-refractivity contribution is 5.79. The molecular weight excluding hydrogens is 242 g/mol. The van der Waals surface area contributed by atoms with Crippen LogP contribution in [0.2, 0.25) is 0 Å². The van der Waals surface area contributed by atoms with Gasteiger partial charge in [0.15, 0.2) is 0 Å². The van der Waals surface area contributed by atoms with E-state index in [1.54, 1.807) is 11.8 Å². The zero-order chi connectivity index (χ0) is 14.0. The number of rotatable bonds is 4. The van der Waals surface area contributed by atoms with Crippen LogP contribution < -0.4 is 0 Å². The number of carbonyl (C=O) groups excluding carboxylic acids is 1. The summed E-state index contributed by atoms with van der Waals surface area (Å²) in [5, 5.41) is 16.6. The molecule has 1 aliphatic rings. The van der Waals surface area contributed by atoms with E-state index < -0.39 is 6.10 Å². The lowest BCUT2D eigenvalue weighted by molar-refractivity contribution is -0.139. The number of nitrogens with one attached hydrogen (secondary N) is 1. The SMILES string of the molecule is CC(O)CN(C(=O)C1CCc2cn[nH]c2C1)C(C)C. The van der Waals surface area contributed by atoms with E-state index >= 15 is 0 Å². The van der Waals surface area contributed by atoms with Crippen molar-refractivity contribution in [2.45, 2.75) is 52.2 Å². The first kappa shape index (κ1) is 14.1. The highest BCUT2D eigenvalue weighted by Crippen LogP contribution is 2.25. The number of amides is 1. The van der Waals surface area contributed by atoms with Crippen LogP contribution in [0.1, 0.15) is 38.4 Å². The Kier molecular flexibility index (Phi) is 4.24. The van der Waals surface area contributed by atoms with Gasteiger partial charge in [0.25, 0.3) is 0 Å². The fraction of sp³-hybridized carbons (Fsp3) is 0.714. The van der Waals surface area contributed by atoms with Crippen molar-refractivity contribution in [3.05, 3.63) is 17.5 Å². The number of H-pyrrole nitrogens is 1. The topological polar surface area (TPSA) is 69.2 Å². The van der Waals surface area contributed by atoms with E-state index in [1.165, 1.54) is 5.56 Å². The second-order valence-electron chi connectivity index (χ2n) is 5.75. The van der Waals surface area contributed by atoms with Gasteiger partial charge in [0.1, 0.15) is 0 Å². The number of fused-ring (bicyclic) bond motifs is 1. The Morgan fingerprint density at radius 2 is 2.32 bits per heavy atom. The molecule has 2 rings (SSSR count). The fourth-order valence-corrected chi connectivity index (χ4v) is 2.69. The predicted molar refractivity (Wildman–Crippen MR) is 72.6 cm³/mol. The number of nitrogens with zero attached hydrogens (tertiary/aromatic N) is 2. The molecule has 2 unspecified atom stereocenters. The van der Waals surface area contributed by atoms with Crippen LogP contribution in [0, 0.1) is 5.92 Å². The summed E-state index contributed by atoms with van der Waals surface area (Å²) in [5.74, 6) is 0.158. The number of aryl methyl sites for hydroxylation is 1. The van der Waals surface area contributed by atoms with Gasteiger partial charge < -0.3 is 10.0 Å². The van der Waals surface area contributed by atoms with Gasteiger partial charge in [-0.2, -0.15) is 5.10 Å². The lowest BCUT2D eigenvalue weighted by Crippen LogP contribution is -2.45. The van der Waals surface area contributed by atoms with Gasteiger partial charge in [0.05, 0.1) is 12.3 Å². The Balaban J connectivity index is 2.06. The van der Waals surface area contributed by atoms with Crippen molar-refractivity contribution in [2.24, 2.45) is 5.92 Å². The average molecular weight is 265 g/mol. The molecule has 0 spiro atoms. The second-order valence-corrected chi connectivity index (χ2v) is 5.75. The van der Waals surface area contributed by atoms with E-state index in [0.29, 0.717) is 6.54 Å². The number of aliphatic hydroxyl groups excluding tert-OH is 1. The minimum atomic E-state index is -0.488. The molecule has 19 heavy (non-hydrogen) atoms. The van der Waals surface area contributed by atoms with Crippen LogP contribution in [0.4, 0.5) is 0 Å². The van der Waals surface area contributed by atoms with Crippen molar-refractivity contribution in [1.29, 1.82) is 0 Å². The molecule has 0 aliphatic heterocycles. The summed E-state index contributed by atoms with van der Waals surface area (Å²) in [7, 11) is 0. The van der Waals surface area contributed by atoms with Gasteiger partial charge in [-0.1, -0.05) is 0 Å². The molecule has 106 valence electrons. The molecule has 0 aromatic carbocycles. The minimum Gasteiger partial charge on any atom is -0.392 e. The molecule has 2 atom stereocenters. The standard InChI is InChI=1S/C14H23N3O2/c1-9(2)17(8-10(3)18)14(19)11-4-5-12-7-15-16-13(12)6-11/h7,9-11,18H,4-6,8H2,1-3H3,(H,15,16). The molecule has 2 N–H and O–H groups in total. The molecule has 1 amide bonds. The average Bonchev–Trinajstić information content (AvgIpc) is 2.81. The molecular formula is C14H23N3O2. The highest BCUT2D eigenvalue weighted by Gasteiger charge is 2.30. The summed E-state index contributed by atoms with van der Waals surface area (Å²) < 4.78 is 0. The van der Waals surface area contributed by atoms with E-state index in [-0.39, 0.29) is 17.9 Å². The van der Waals surface area contributed by atoms with Crippen LogP contribution in [-0.4, -0.2) is 44.8 Å². The first-order valence-corrected chi connectivity index (χ1v) is 6.98. The monoisotopic (exact) mass is 265 g/mol. The van der Waals surface area contributed by atoms with Gasteiger partial charge in [-0.25, -0.2) is 0 Å². The third kappa shape index (κ3) is 3.15. The Labute approximate surface area is 114 Å². The van der Waals surface area contributed by atoms with Crippen molar-refractivity contribution in [3.63, 3.8) is 0 Å². The van der Waals surface area contributed by atoms with Crippen molar-refractivity contribution in [3.8, 4) is 0 Å². The lowest BCUT2D eigenvalue weighted by atomic mass is 9.87. The fourth-order valence-electron chi connectivity index (χ4n) is 2.69. The first-order chi connectivity index (χ1) is 8.99. The van der Waals surface area contributed by atoms with Crippen LogP contribution in [0.25, 0.3) is 0 Å². The Bertz CT molecular complexity index is 440. The Morgan fingerprint density at radius 1 is 1.58 bits per heavy atom. The molecule has 5 heteroatoms. The van der Waals surface area contributed by atoms with Crippen LogP contribution in [0.5, 0.6) is 0 Å². The van der Waals surface area contributed by atoms with Crippen LogP contribution in [0.3, 0.4) is 0 Å². The number of aromatic amines is 1. The molecule has 0 radical (unpaired) electrons. The van der Waals surface area contributed by atoms with Gasteiger partial charge >= 0.3 is 0 Å². The van der Waals surface area contributed by atoms with Crippen molar-refractivity contribution in [2.75, 3.05) is 6.54 Å². The summed E-state index contributed by atoms with van der Waals surface area (Å²) in [6, 6.07) is 0.116. The number of hydrogen-bond acceptors (Lipinski definition) is 3. The van der Waals surface area contributed by atoms with Crippen LogP contribution >= 0.6 is 0 Å².